The second kappa shape index (κ2) is 6.62. The summed E-state index contributed by atoms with van der Waals surface area (Å²) in [7, 11) is 0. The van der Waals surface area contributed by atoms with Crippen LogP contribution in [0.4, 0.5) is 5.69 Å². The average Bonchev–Trinajstić information content (AvgIpc) is 2.55. The highest BCUT2D eigenvalue weighted by Crippen LogP contribution is 2.24. The molecule has 0 radical (unpaired) electrons. The van der Waals surface area contributed by atoms with Crippen LogP contribution < -0.4 is 5.32 Å². The van der Waals surface area contributed by atoms with E-state index in [-0.39, 0.29) is 11.2 Å². The number of carbonyl (C=O) groups is 1. The van der Waals surface area contributed by atoms with E-state index in [1.165, 1.54) is 11.8 Å². The molecule has 1 aromatic heterocycles. The van der Waals surface area contributed by atoms with Gasteiger partial charge in [-0.25, -0.2) is 4.98 Å². The van der Waals surface area contributed by atoms with Gasteiger partial charge in [-0.2, -0.15) is 0 Å². The average molecular weight is 308 g/mol. The fourth-order valence-electron chi connectivity index (χ4n) is 2.11. The molecular formula is C18H16N2OS. The molecule has 3 nitrogen and oxygen atoms in total. The molecule has 3 rings (SSSR count). The Hall–Kier alpha value is -2.33. The molecule has 1 amide bonds. The zero-order valence-corrected chi connectivity index (χ0v) is 13.0. The first-order chi connectivity index (χ1) is 10.7. The van der Waals surface area contributed by atoms with E-state index < -0.39 is 0 Å². The topological polar surface area (TPSA) is 42.0 Å². The van der Waals surface area contributed by atoms with Crippen molar-refractivity contribution in [3.05, 3.63) is 66.7 Å². The lowest BCUT2D eigenvalue weighted by molar-refractivity contribution is -0.115. The minimum Gasteiger partial charge on any atom is -0.325 e. The number of pyridine rings is 1. The lowest BCUT2D eigenvalue weighted by atomic mass is 10.2. The number of rotatable bonds is 4. The molecule has 1 atom stereocenters. The number of para-hydroxylation sites is 2. The van der Waals surface area contributed by atoms with Gasteiger partial charge in [0.15, 0.2) is 0 Å². The lowest BCUT2D eigenvalue weighted by Crippen LogP contribution is -2.22. The van der Waals surface area contributed by atoms with Crippen LogP contribution in [0.25, 0.3) is 10.9 Å². The Bertz CT molecular complexity index is 789. The van der Waals surface area contributed by atoms with Gasteiger partial charge in [0, 0.05) is 11.1 Å². The molecular weight excluding hydrogens is 292 g/mol. The van der Waals surface area contributed by atoms with Crippen LogP contribution >= 0.6 is 11.8 Å². The number of anilines is 1. The zero-order chi connectivity index (χ0) is 15.4. The number of amides is 1. The standard InChI is InChI=1S/C18H16N2OS/c1-13(18(21)19-15-8-3-2-4-9-15)22-17-12-11-14-7-5-6-10-16(14)20-17/h2-13H,1H3,(H,19,21). The van der Waals surface area contributed by atoms with E-state index in [0.29, 0.717) is 0 Å². The number of hydrogen-bond donors (Lipinski definition) is 1. The third-order valence-corrected chi connectivity index (χ3v) is 4.32. The Morgan fingerprint density at radius 2 is 1.73 bits per heavy atom. The molecule has 0 aliphatic carbocycles. The minimum atomic E-state index is -0.214. The zero-order valence-electron chi connectivity index (χ0n) is 12.2. The van der Waals surface area contributed by atoms with Crippen LogP contribution in [0.1, 0.15) is 6.92 Å². The molecule has 4 heteroatoms. The Kier molecular flexibility index (Phi) is 4.39. The molecule has 22 heavy (non-hydrogen) atoms. The van der Waals surface area contributed by atoms with Gasteiger partial charge in [0.25, 0.3) is 0 Å². The Balaban J connectivity index is 1.69. The van der Waals surface area contributed by atoms with Crippen molar-refractivity contribution in [3.8, 4) is 0 Å². The van der Waals surface area contributed by atoms with E-state index in [0.717, 1.165) is 21.6 Å². The third-order valence-electron chi connectivity index (χ3n) is 3.28. The van der Waals surface area contributed by atoms with Crippen LogP contribution in [0.15, 0.2) is 71.8 Å². The van der Waals surface area contributed by atoms with Crippen molar-refractivity contribution < 1.29 is 4.79 Å². The van der Waals surface area contributed by atoms with E-state index in [4.69, 9.17) is 0 Å². The van der Waals surface area contributed by atoms with E-state index in [9.17, 15) is 4.79 Å². The summed E-state index contributed by atoms with van der Waals surface area (Å²) in [6.45, 7) is 1.89. The van der Waals surface area contributed by atoms with Crippen molar-refractivity contribution in [1.29, 1.82) is 0 Å². The van der Waals surface area contributed by atoms with Crippen molar-refractivity contribution in [2.45, 2.75) is 17.2 Å². The molecule has 3 aromatic rings. The van der Waals surface area contributed by atoms with Gasteiger partial charge in [0.2, 0.25) is 5.91 Å². The SMILES string of the molecule is CC(Sc1ccc2ccccc2n1)C(=O)Nc1ccccc1. The van der Waals surface area contributed by atoms with Crippen LogP contribution in [-0.4, -0.2) is 16.1 Å². The van der Waals surface area contributed by atoms with E-state index in [1.54, 1.807) is 0 Å². The molecule has 110 valence electrons. The van der Waals surface area contributed by atoms with Gasteiger partial charge in [0.05, 0.1) is 15.8 Å². The smallest absolute Gasteiger partial charge is 0.237 e. The maximum Gasteiger partial charge on any atom is 0.237 e. The van der Waals surface area contributed by atoms with E-state index >= 15 is 0 Å². The predicted molar refractivity (Wildman–Crippen MR) is 92.1 cm³/mol. The van der Waals surface area contributed by atoms with Gasteiger partial charge in [0.1, 0.15) is 0 Å². The van der Waals surface area contributed by atoms with Crippen LogP contribution in [-0.2, 0) is 4.79 Å². The molecule has 1 unspecified atom stereocenters. The first-order valence-corrected chi connectivity index (χ1v) is 7.99. The summed E-state index contributed by atoms with van der Waals surface area (Å²) in [4.78, 5) is 16.8. The fraction of sp³-hybridized carbons (Fsp3) is 0.111. The van der Waals surface area contributed by atoms with E-state index in [2.05, 4.69) is 10.3 Å². The molecule has 0 aliphatic rings. The minimum absolute atomic E-state index is 0.0221. The molecule has 0 bridgehead atoms. The summed E-state index contributed by atoms with van der Waals surface area (Å²) in [5.41, 5.74) is 1.76. The Morgan fingerprint density at radius 3 is 2.55 bits per heavy atom. The summed E-state index contributed by atoms with van der Waals surface area (Å²) >= 11 is 1.46. The molecule has 0 saturated carbocycles. The monoisotopic (exact) mass is 308 g/mol. The molecule has 0 fully saturated rings. The molecule has 0 aliphatic heterocycles. The fourth-order valence-corrected chi connectivity index (χ4v) is 2.94. The van der Waals surface area contributed by atoms with Gasteiger partial charge >= 0.3 is 0 Å². The summed E-state index contributed by atoms with van der Waals surface area (Å²) < 4.78 is 0. The maximum atomic E-state index is 12.2. The van der Waals surface area contributed by atoms with Gasteiger partial charge in [-0.05, 0) is 31.2 Å². The number of fused-ring (bicyclic) bond motifs is 1. The third kappa shape index (κ3) is 3.46. The highest BCUT2D eigenvalue weighted by molar-refractivity contribution is 8.00. The molecule has 1 heterocycles. The Labute approximate surface area is 133 Å². The highest BCUT2D eigenvalue weighted by Gasteiger charge is 2.15. The van der Waals surface area contributed by atoms with Crippen molar-refractivity contribution in [2.75, 3.05) is 5.32 Å². The van der Waals surface area contributed by atoms with Crippen LogP contribution in [0, 0.1) is 0 Å². The normalized spacial score (nSPS) is 12.0. The quantitative estimate of drug-likeness (QED) is 0.728. The number of carbonyl (C=O) groups excluding carboxylic acids is 1. The molecule has 0 saturated heterocycles. The molecule has 1 N–H and O–H groups in total. The number of nitrogens with zero attached hydrogens (tertiary/aromatic N) is 1. The van der Waals surface area contributed by atoms with Crippen molar-refractivity contribution in [1.82, 2.24) is 4.98 Å². The predicted octanol–water partition coefficient (Wildman–Crippen LogP) is 4.35. The second-order valence-corrected chi connectivity index (χ2v) is 6.32. The lowest BCUT2D eigenvalue weighted by Gasteiger charge is -2.11. The van der Waals surface area contributed by atoms with Crippen LogP contribution in [0.5, 0.6) is 0 Å². The van der Waals surface area contributed by atoms with Gasteiger partial charge < -0.3 is 5.32 Å². The van der Waals surface area contributed by atoms with Crippen molar-refractivity contribution >= 4 is 34.3 Å². The van der Waals surface area contributed by atoms with Gasteiger partial charge in [-0.3, -0.25) is 4.79 Å². The number of thioether (sulfide) groups is 1. The van der Waals surface area contributed by atoms with Gasteiger partial charge in [-0.15, -0.1) is 0 Å². The summed E-state index contributed by atoms with van der Waals surface area (Å²) in [5, 5.41) is 4.66. The van der Waals surface area contributed by atoms with Crippen LogP contribution in [0.3, 0.4) is 0 Å². The summed E-state index contributed by atoms with van der Waals surface area (Å²) in [6.07, 6.45) is 0. The Morgan fingerprint density at radius 1 is 1.00 bits per heavy atom. The first kappa shape index (κ1) is 14.6. The highest BCUT2D eigenvalue weighted by atomic mass is 32.2. The van der Waals surface area contributed by atoms with Crippen molar-refractivity contribution in [2.24, 2.45) is 0 Å². The number of hydrogen-bond acceptors (Lipinski definition) is 3. The molecule has 0 spiro atoms. The maximum absolute atomic E-state index is 12.2. The number of benzene rings is 2. The summed E-state index contributed by atoms with van der Waals surface area (Å²) in [6, 6.07) is 21.4. The number of aromatic nitrogens is 1. The number of nitrogens with one attached hydrogen (secondary N) is 1. The first-order valence-electron chi connectivity index (χ1n) is 7.11. The van der Waals surface area contributed by atoms with E-state index in [1.807, 2.05) is 73.7 Å². The second-order valence-electron chi connectivity index (χ2n) is 4.96. The molecule has 2 aromatic carbocycles. The van der Waals surface area contributed by atoms with Gasteiger partial charge in [-0.1, -0.05) is 54.2 Å². The summed E-state index contributed by atoms with van der Waals surface area (Å²) in [5.74, 6) is -0.0221. The van der Waals surface area contributed by atoms with Crippen LogP contribution in [0.2, 0.25) is 0 Å². The largest absolute Gasteiger partial charge is 0.325 e. The van der Waals surface area contributed by atoms with Crippen molar-refractivity contribution in [3.63, 3.8) is 0 Å².